The Morgan fingerprint density at radius 3 is 1.81 bits per heavy atom. The zero-order chi connectivity index (χ0) is 26.7. The van der Waals surface area contributed by atoms with E-state index in [4.69, 9.17) is 9.84 Å². The molecule has 2 aromatic rings. The molecule has 0 fully saturated rings. The van der Waals surface area contributed by atoms with Crippen molar-refractivity contribution in [2.75, 3.05) is 39.5 Å². The molecule has 0 aliphatic carbocycles. The Bertz CT molecular complexity index is 930. The summed E-state index contributed by atoms with van der Waals surface area (Å²) in [5.41, 5.74) is -0.0628. The maximum atomic E-state index is 12.6. The molecule has 0 amide bonds. The number of benzene rings is 2. The SMILES string of the molecule is OCCN(CCOc1ccc(N=Nc2ccc(C(F)(F)F)cc2)cc1)CC(O)C(O)C(O)C(O)CO. The number of halogens is 3. The van der Waals surface area contributed by atoms with Gasteiger partial charge in [0, 0.05) is 19.6 Å². The third-order valence-corrected chi connectivity index (χ3v) is 5.18. The molecule has 2 aromatic carbocycles. The van der Waals surface area contributed by atoms with E-state index in [0.29, 0.717) is 11.4 Å². The standard InChI is InChI=1S/C23H30F3N3O7/c24-23(25,26)15-1-3-16(4-2-15)27-28-17-5-7-18(8-6-17)36-12-10-29(9-11-30)13-19(32)21(34)22(35)20(33)14-31/h1-8,19-22,30-35H,9-14H2. The van der Waals surface area contributed by atoms with E-state index in [2.05, 4.69) is 10.2 Å². The lowest BCUT2D eigenvalue weighted by Crippen LogP contribution is -2.50. The molecule has 0 radical (unpaired) electrons. The number of hydrogen-bond donors (Lipinski definition) is 6. The quantitative estimate of drug-likeness (QED) is 0.204. The second-order valence-electron chi connectivity index (χ2n) is 7.91. The molecule has 0 aromatic heterocycles. The first-order valence-electron chi connectivity index (χ1n) is 11.0. The van der Waals surface area contributed by atoms with Gasteiger partial charge in [-0.25, -0.2) is 0 Å². The van der Waals surface area contributed by atoms with E-state index in [9.17, 15) is 38.7 Å². The molecule has 4 atom stereocenters. The summed E-state index contributed by atoms with van der Waals surface area (Å²) in [7, 11) is 0. The van der Waals surface area contributed by atoms with Crippen molar-refractivity contribution in [2.45, 2.75) is 30.6 Å². The number of rotatable bonds is 14. The number of aliphatic hydroxyl groups excluding tert-OH is 6. The van der Waals surface area contributed by atoms with Crippen LogP contribution in [0.3, 0.4) is 0 Å². The first-order chi connectivity index (χ1) is 17.0. The number of nitrogens with zero attached hydrogens (tertiary/aromatic N) is 3. The number of azo groups is 1. The molecule has 0 aliphatic heterocycles. The highest BCUT2D eigenvalue weighted by atomic mass is 19.4. The van der Waals surface area contributed by atoms with Gasteiger partial charge < -0.3 is 35.4 Å². The van der Waals surface area contributed by atoms with Crippen LogP contribution in [-0.2, 0) is 6.18 Å². The molecule has 2 rings (SSSR count). The second-order valence-corrected chi connectivity index (χ2v) is 7.91. The van der Waals surface area contributed by atoms with Gasteiger partial charge in [0.2, 0.25) is 0 Å². The highest BCUT2D eigenvalue weighted by Crippen LogP contribution is 2.30. The summed E-state index contributed by atoms with van der Waals surface area (Å²) in [6.45, 7) is -0.605. The Morgan fingerprint density at radius 1 is 0.778 bits per heavy atom. The van der Waals surface area contributed by atoms with Crippen LogP contribution in [0.25, 0.3) is 0 Å². The van der Waals surface area contributed by atoms with Gasteiger partial charge in [0.15, 0.2) is 0 Å². The van der Waals surface area contributed by atoms with Gasteiger partial charge in [-0.1, -0.05) is 0 Å². The summed E-state index contributed by atoms with van der Waals surface area (Å²) in [4.78, 5) is 1.58. The molecule has 13 heteroatoms. The van der Waals surface area contributed by atoms with Crippen LogP contribution in [0.4, 0.5) is 24.5 Å². The second kappa shape index (κ2) is 14.2. The summed E-state index contributed by atoms with van der Waals surface area (Å²) >= 11 is 0. The minimum atomic E-state index is -4.42. The molecule has 0 bridgehead atoms. The maximum Gasteiger partial charge on any atom is 0.416 e. The van der Waals surface area contributed by atoms with Crippen LogP contribution >= 0.6 is 0 Å². The average molecular weight is 518 g/mol. The van der Waals surface area contributed by atoms with E-state index in [1.165, 1.54) is 12.1 Å². The Labute approximate surface area is 205 Å². The summed E-state index contributed by atoms with van der Waals surface area (Å²) in [5, 5.41) is 65.1. The van der Waals surface area contributed by atoms with E-state index in [1.807, 2.05) is 0 Å². The van der Waals surface area contributed by atoms with Crippen LogP contribution in [0.2, 0.25) is 0 Å². The molecule has 0 heterocycles. The largest absolute Gasteiger partial charge is 0.492 e. The number of hydrogen-bond acceptors (Lipinski definition) is 10. The van der Waals surface area contributed by atoms with Gasteiger partial charge in [0.1, 0.15) is 30.7 Å². The van der Waals surface area contributed by atoms with Crippen molar-refractivity contribution < 1.29 is 48.5 Å². The molecular formula is C23H30F3N3O7. The fourth-order valence-electron chi connectivity index (χ4n) is 3.11. The van der Waals surface area contributed by atoms with Crippen molar-refractivity contribution in [3.63, 3.8) is 0 Å². The van der Waals surface area contributed by atoms with Crippen LogP contribution < -0.4 is 4.74 Å². The van der Waals surface area contributed by atoms with Crippen LogP contribution in [0.1, 0.15) is 5.56 Å². The number of ether oxygens (including phenoxy) is 1. The monoisotopic (exact) mass is 517 g/mol. The Morgan fingerprint density at radius 2 is 1.31 bits per heavy atom. The molecule has 0 spiro atoms. The Hall–Kier alpha value is -2.65. The van der Waals surface area contributed by atoms with Crippen molar-refractivity contribution in [3.8, 4) is 5.75 Å². The molecule has 0 aliphatic rings. The van der Waals surface area contributed by atoms with E-state index in [0.717, 1.165) is 12.1 Å². The van der Waals surface area contributed by atoms with E-state index in [1.54, 1.807) is 29.2 Å². The zero-order valence-corrected chi connectivity index (χ0v) is 19.2. The van der Waals surface area contributed by atoms with Crippen LogP contribution in [0.5, 0.6) is 5.75 Å². The molecular weight excluding hydrogens is 487 g/mol. The minimum absolute atomic E-state index is 0.135. The third-order valence-electron chi connectivity index (χ3n) is 5.18. The number of alkyl halides is 3. The van der Waals surface area contributed by atoms with Crippen molar-refractivity contribution in [2.24, 2.45) is 10.2 Å². The lowest BCUT2D eigenvalue weighted by Gasteiger charge is -2.30. The van der Waals surface area contributed by atoms with Crippen LogP contribution in [0.15, 0.2) is 58.8 Å². The smallest absolute Gasteiger partial charge is 0.416 e. The van der Waals surface area contributed by atoms with Crippen molar-refractivity contribution in [1.29, 1.82) is 0 Å². The molecule has 4 unspecified atom stereocenters. The number of aliphatic hydroxyl groups is 6. The highest BCUT2D eigenvalue weighted by molar-refractivity contribution is 5.43. The summed E-state index contributed by atoms with van der Waals surface area (Å²) in [6, 6.07) is 10.7. The summed E-state index contributed by atoms with van der Waals surface area (Å²) in [5.74, 6) is 0.481. The Balaban J connectivity index is 1.85. The maximum absolute atomic E-state index is 12.6. The average Bonchev–Trinajstić information content (AvgIpc) is 2.86. The predicted molar refractivity (Wildman–Crippen MR) is 122 cm³/mol. The lowest BCUT2D eigenvalue weighted by atomic mass is 10.0. The first kappa shape index (κ1) is 29.6. The van der Waals surface area contributed by atoms with Crippen LogP contribution in [0, 0.1) is 0 Å². The zero-order valence-electron chi connectivity index (χ0n) is 19.2. The third kappa shape index (κ3) is 9.43. The lowest BCUT2D eigenvalue weighted by molar-refractivity contribution is -0.137. The molecule has 36 heavy (non-hydrogen) atoms. The first-order valence-corrected chi connectivity index (χ1v) is 11.0. The summed E-state index contributed by atoms with van der Waals surface area (Å²) < 4.78 is 43.4. The van der Waals surface area contributed by atoms with Gasteiger partial charge in [-0.3, -0.25) is 4.90 Å². The van der Waals surface area contributed by atoms with Crippen molar-refractivity contribution >= 4 is 11.4 Å². The highest BCUT2D eigenvalue weighted by Gasteiger charge is 2.31. The Kier molecular flexibility index (Phi) is 11.7. The van der Waals surface area contributed by atoms with Crippen molar-refractivity contribution in [3.05, 3.63) is 54.1 Å². The molecule has 0 saturated carbocycles. The van der Waals surface area contributed by atoms with E-state index >= 15 is 0 Å². The molecule has 0 saturated heterocycles. The molecule has 6 N–H and O–H groups in total. The van der Waals surface area contributed by atoms with Gasteiger partial charge in [0.05, 0.1) is 36.3 Å². The van der Waals surface area contributed by atoms with Gasteiger partial charge in [-0.2, -0.15) is 23.4 Å². The fourth-order valence-corrected chi connectivity index (χ4v) is 3.11. The van der Waals surface area contributed by atoms with Crippen LogP contribution in [-0.4, -0.2) is 99.4 Å². The predicted octanol–water partition coefficient (Wildman–Crippen LogP) is 1.23. The van der Waals surface area contributed by atoms with Gasteiger partial charge in [-0.15, -0.1) is 0 Å². The minimum Gasteiger partial charge on any atom is -0.492 e. The van der Waals surface area contributed by atoms with Gasteiger partial charge in [-0.05, 0) is 48.5 Å². The fraction of sp³-hybridized carbons (Fsp3) is 0.478. The topological polar surface area (TPSA) is 159 Å². The van der Waals surface area contributed by atoms with Gasteiger partial charge in [0.25, 0.3) is 0 Å². The molecule has 10 nitrogen and oxygen atoms in total. The normalized spacial score (nSPS) is 15.7. The van der Waals surface area contributed by atoms with Crippen molar-refractivity contribution in [1.82, 2.24) is 4.90 Å². The van der Waals surface area contributed by atoms with E-state index in [-0.39, 0.29) is 38.5 Å². The van der Waals surface area contributed by atoms with E-state index < -0.39 is 42.8 Å². The molecule has 200 valence electrons. The summed E-state index contributed by atoms with van der Waals surface area (Å²) in [6.07, 6.45) is -10.9. The van der Waals surface area contributed by atoms with Gasteiger partial charge >= 0.3 is 6.18 Å².